The molecule has 0 saturated heterocycles. The minimum atomic E-state index is -0.900. The standard InChI is InChI=1S/C29H25ClFN5O/c1-19-15-27(36(35-19)24-7-3-6-23(17-24)32-2)28(37)34-26-16-21(10-11-25(26)31)29(30,13-12-20-8-9-20)22-5-4-14-33-18-22/h3-7,10-11,14-18,20H,8-9,12-13H2,1H3,(H,34,37). The van der Waals surface area contributed by atoms with Crippen LogP contribution < -0.4 is 5.32 Å². The zero-order chi connectivity index (χ0) is 26.0. The first-order valence-electron chi connectivity index (χ1n) is 12.1. The van der Waals surface area contributed by atoms with Crippen LogP contribution in [-0.2, 0) is 4.87 Å². The Labute approximate surface area is 219 Å². The third-order valence-electron chi connectivity index (χ3n) is 6.65. The van der Waals surface area contributed by atoms with Gasteiger partial charge in [0.1, 0.15) is 11.5 Å². The van der Waals surface area contributed by atoms with Gasteiger partial charge in [0.05, 0.1) is 28.5 Å². The molecule has 2 heterocycles. The Morgan fingerprint density at radius 2 is 2.03 bits per heavy atom. The molecule has 1 aliphatic carbocycles. The van der Waals surface area contributed by atoms with E-state index in [0.29, 0.717) is 35.0 Å². The second-order valence-electron chi connectivity index (χ2n) is 9.39. The highest BCUT2D eigenvalue weighted by atomic mass is 35.5. The summed E-state index contributed by atoms with van der Waals surface area (Å²) < 4.78 is 16.4. The number of rotatable bonds is 8. The first-order valence-corrected chi connectivity index (χ1v) is 12.5. The van der Waals surface area contributed by atoms with E-state index < -0.39 is 16.6 Å². The molecule has 1 fully saturated rings. The molecule has 2 aromatic carbocycles. The number of nitrogens with one attached hydrogen (secondary N) is 1. The molecule has 0 radical (unpaired) electrons. The van der Waals surface area contributed by atoms with Crippen LogP contribution in [-0.4, -0.2) is 20.7 Å². The van der Waals surface area contributed by atoms with E-state index in [2.05, 4.69) is 20.2 Å². The van der Waals surface area contributed by atoms with Crippen molar-refractivity contribution in [2.75, 3.05) is 5.32 Å². The lowest BCUT2D eigenvalue weighted by Gasteiger charge is -2.29. The van der Waals surface area contributed by atoms with Gasteiger partial charge in [-0.25, -0.2) is 13.9 Å². The molecule has 1 aliphatic rings. The Morgan fingerprint density at radius 1 is 1.19 bits per heavy atom. The predicted molar refractivity (Wildman–Crippen MR) is 142 cm³/mol. The summed E-state index contributed by atoms with van der Waals surface area (Å²) in [7, 11) is 0. The van der Waals surface area contributed by atoms with Crippen LogP contribution in [0.3, 0.4) is 0 Å². The van der Waals surface area contributed by atoms with Gasteiger partial charge in [-0.1, -0.05) is 37.1 Å². The topological polar surface area (TPSA) is 64.2 Å². The monoisotopic (exact) mass is 513 g/mol. The lowest BCUT2D eigenvalue weighted by molar-refractivity contribution is 0.101. The molecule has 0 spiro atoms. The summed E-state index contributed by atoms with van der Waals surface area (Å²) in [6, 6.07) is 16.8. The SMILES string of the molecule is [C-]#[N+]c1cccc(-n2nc(C)cc2C(=O)Nc2cc(C(Cl)(CCC3CC3)c3cccnc3)ccc2F)c1. The van der Waals surface area contributed by atoms with E-state index in [-0.39, 0.29) is 11.4 Å². The molecule has 1 atom stereocenters. The molecule has 1 saturated carbocycles. The van der Waals surface area contributed by atoms with Crippen LogP contribution in [0.15, 0.2) is 73.1 Å². The van der Waals surface area contributed by atoms with Gasteiger partial charge in [-0.05, 0) is 73.2 Å². The van der Waals surface area contributed by atoms with Gasteiger partial charge in [-0.2, -0.15) is 5.10 Å². The quantitative estimate of drug-likeness (QED) is 0.200. The Morgan fingerprint density at radius 3 is 2.76 bits per heavy atom. The molecule has 5 rings (SSSR count). The number of carbonyl (C=O) groups is 1. The second-order valence-corrected chi connectivity index (χ2v) is 10.0. The van der Waals surface area contributed by atoms with Gasteiger partial charge < -0.3 is 5.32 Å². The van der Waals surface area contributed by atoms with E-state index in [1.54, 1.807) is 61.8 Å². The number of alkyl halides is 1. The molecule has 37 heavy (non-hydrogen) atoms. The summed E-state index contributed by atoms with van der Waals surface area (Å²) in [5, 5.41) is 7.13. The van der Waals surface area contributed by atoms with Crippen LogP contribution in [0.4, 0.5) is 15.8 Å². The van der Waals surface area contributed by atoms with Gasteiger partial charge in [-0.3, -0.25) is 9.78 Å². The fraction of sp³-hybridized carbons (Fsp3) is 0.241. The molecule has 8 heteroatoms. The van der Waals surface area contributed by atoms with E-state index in [0.717, 1.165) is 12.0 Å². The number of benzene rings is 2. The maximum absolute atomic E-state index is 15.0. The molecule has 4 aromatic rings. The van der Waals surface area contributed by atoms with Gasteiger partial charge in [0, 0.05) is 12.4 Å². The fourth-order valence-corrected chi connectivity index (χ4v) is 4.81. The van der Waals surface area contributed by atoms with Crippen molar-refractivity contribution < 1.29 is 9.18 Å². The zero-order valence-electron chi connectivity index (χ0n) is 20.3. The summed E-state index contributed by atoms with van der Waals surface area (Å²) in [4.78, 5) is 20.1. The van der Waals surface area contributed by atoms with E-state index in [4.69, 9.17) is 18.2 Å². The molecule has 1 N–H and O–H groups in total. The molecule has 1 amide bonds. The summed E-state index contributed by atoms with van der Waals surface area (Å²) in [6.07, 6.45) is 7.47. The largest absolute Gasteiger partial charge is 0.318 e. The number of halogens is 2. The summed E-state index contributed by atoms with van der Waals surface area (Å²) in [6.45, 7) is 9.03. The third kappa shape index (κ3) is 5.25. The number of hydrogen-bond donors (Lipinski definition) is 1. The van der Waals surface area contributed by atoms with Gasteiger partial charge in [0.25, 0.3) is 5.91 Å². The minimum Gasteiger partial charge on any atom is -0.318 e. The normalized spacial score (nSPS) is 14.5. The maximum Gasteiger partial charge on any atom is 0.274 e. The summed E-state index contributed by atoms with van der Waals surface area (Å²) in [5.74, 6) is -0.425. The van der Waals surface area contributed by atoms with Gasteiger partial charge in [-0.15, -0.1) is 11.6 Å². The van der Waals surface area contributed by atoms with Crippen molar-refractivity contribution in [2.24, 2.45) is 5.92 Å². The van der Waals surface area contributed by atoms with Crippen molar-refractivity contribution in [1.82, 2.24) is 14.8 Å². The van der Waals surface area contributed by atoms with Gasteiger partial charge in [0.15, 0.2) is 5.69 Å². The number of aromatic nitrogens is 3. The molecule has 0 bridgehead atoms. The van der Waals surface area contributed by atoms with Crippen LogP contribution in [0.2, 0.25) is 0 Å². The Bertz CT molecular complexity index is 1490. The zero-order valence-corrected chi connectivity index (χ0v) is 21.0. The summed E-state index contributed by atoms with van der Waals surface area (Å²) in [5.41, 5.74) is 3.38. The number of hydrogen-bond acceptors (Lipinski definition) is 3. The Kier molecular flexibility index (Phi) is 6.77. The molecule has 1 unspecified atom stereocenters. The first kappa shape index (κ1) is 24.7. The lowest BCUT2D eigenvalue weighted by Crippen LogP contribution is -2.22. The predicted octanol–water partition coefficient (Wildman–Crippen LogP) is 7.19. The van der Waals surface area contributed by atoms with Crippen LogP contribution in [0, 0.1) is 25.2 Å². The lowest BCUT2D eigenvalue weighted by atomic mass is 9.86. The highest BCUT2D eigenvalue weighted by Crippen LogP contribution is 2.45. The second kappa shape index (κ2) is 10.2. The minimum absolute atomic E-state index is 0.0307. The Hall–Kier alpha value is -4.02. The summed E-state index contributed by atoms with van der Waals surface area (Å²) >= 11 is 7.26. The van der Waals surface area contributed by atoms with Crippen molar-refractivity contribution in [3.63, 3.8) is 0 Å². The van der Waals surface area contributed by atoms with Crippen molar-refractivity contribution in [1.29, 1.82) is 0 Å². The van der Waals surface area contributed by atoms with Crippen LogP contribution >= 0.6 is 11.6 Å². The third-order valence-corrected chi connectivity index (χ3v) is 7.28. The molecule has 6 nitrogen and oxygen atoms in total. The van der Waals surface area contributed by atoms with E-state index in [1.807, 2.05) is 12.1 Å². The van der Waals surface area contributed by atoms with Crippen molar-refractivity contribution in [3.8, 4) is 5.69 Å². The molecule has 0 aliphatic heterocycles. The maximum atomic E-state index is 15.0. The smallest absolute Gasteiger partial charge is 0.274 e. The van der Waals surface area contributed by atoms with Crippen LogP contribution in [0.1, 0.15) is 53.0 Å². The number of carbonyl (C=O) groups excluding carboxylic acids is 1. The first-order chi connectivity index (χ1) is 17.9. The highest BCUT2D eigenvalue weighted by molar-refractivity contribution is 6.26. The number of amides is 1. The molecule has 186 valence electrons. The van der Waals surface area contributed by atoms with Gasteiger partial charge in [0.2, 0.25) is 0 Å². The number of anilines is 1. The Balaban J connectivity index is 1.48. The molecule has 2 aromatic heterocycles. The van der Waals surface area contributed by atoms with Gasteiger partial charge >= 0.3 is 0 Å². The number of nitrogens with zero attached hydrogens (tertiary/aromatic N) is 4. The van der Waals surface area contributed by atoms with E-state index in [9.17, 15) is 9.18 Å². The van der Waals surface area contributed by atoms with Crippen LogP contribution in [0.25, 0.3) is 10.5 Å². The average molecular weight is 514 g/mol. The van der Waals surface area contributed by atoms with Crippen molar-refractivity contribution in [3.05, 3.63) is 113 Å². The molecular weight excluding hydrogens is 489 g/mol. The average Bonchev–Trinajstić information content (AvgIpc) is 3.67. The highest BCUT2D eigenvalue weighted by Gasteiger charge is 2.35. The number of aryl methyl sites for hydroxylation is 1. The van der Waals surface area contributed by atoms with Crippen molar-refractivity contribution >= 4 is 28.9 Å². The molecular formula is C29H25ClFN5O. The van der Waals surface area contributed by atoms with Crippen LogP contribution in [0.5, 0.6) is 0 Å². The fourth-order valence-electron chi connectivity index (χ4n) is 4.47. The van der Waals surface area contributed by atoms with E-state index in [1.165, 1.54) is 23.6 Å². The number of pyridine rings is 1. The van der Waals surface area contributed by atoms with E-state index >= 15 is 0 Å². The van der Waals surface area contributed by atoms with Crippen molar-refractivity contribution in [2.45, 2.75) is 37.5 Å².